The van der Waals surface area contributed by atoms with E-state index in [2.05, 4.69) is 15.6 Å². The molecule has 1 aromatic heterocycles. The normalized spacial score (nSPS) is 11.8. The van der Waals surface area contributed by atoms with Crippen LogP contribution in [0.15, 0.2) is 60.7 Å². The Morgan fingerprint density at radius 1 is 0.897 bits per heavy atom. The van der Waals surface area contributed by atoms with Crippen molar-refractivity contribution in [2.45, 2.75) is 13.3 Å². The number of hydrogen-bond acceptors (Lipinski definition) is 5. The summed E-state index contributed by atoms with van der Waals surface area (Å²) in [5.74, 6) is 0.404. The molecule has 7 heteroatoms. The predicted molar refractivity (Wildman–Crippen MR) is 109 cm³/mol. The summed E-state index contributed by atoms with van der Waals surface area (Å²) in [5, 5.41) is 5.61. The van der Waals surface area contributed by atoms with Gasteiger partial charge in [0.05, 0.1) is 0 Å². The molecule has 29 heavy (non-hydrogen) atoms. The van der Waals surface area contributed by atoms with Gasteiger partial charge in [-0.1, -0.05) is 31.2 Å². The number of nitrogens with zero attached hydrogens (tertiary/aromatic N) is 1. The summed E-state index contributed by atoms with van der Waals surface area (Å²) in [4.78, 5) is 29.4. The average Bonchev–Trinajstić information content (AvgIpc) is 3.22. The molecule has 2 N–H and O–H groups in total. The quantitative estimate of drug-likeness (QED) is 0.691. The Kier molecular flexibility index (Phi) is 5.11. The number of fused-ring (bicyclic) bond motifs is 1. The Hall–Kier alpha value is -3.87. The molecule has 0 saturated heterocycles. The van der Waals surface area contributed by atoms with Gasteiger partial charge in [0.1, 0.15) is 11.4 Å². The second kappa shape index (κ2) is 8.02. The van der Waals surface area contributed by atoms with Crippen molar-refractivity contribution < 1.29 is 19.1 Å². The fraction of sp³-hybridized carbons (Fsp3) is 0.136. The lowest BCUT2D eigenvalue weighted by Crippen LogP contribution is -2.19. The fourth-order valence-corrected chi connectivity index (χ4v) is 2.99. The maximum absolute atomic E-state index is 12.6. The van der Waals surface area contributed by atoms with Crippen molar-refractivity contribution in [1.82, 2.24) is 4.98 Å². The van der Waals surface area contributed by atoms with E-state index in [1.807, 2.05) is 31.2 Å². The molecule has 0 spiro atoms. The number of hydrogen-bond donors (Lipinski definition) is 2. The summed E-state index contributed by atoms with van der Waals surface area (Å²) in [7, 11) is 0. The zero-order chi connectivity index (χ0) is 20.2. The molecule has 0 aliphatic carbocycles. The number of carbonyl (C=O) groups is 2. The van der Waals surface area contributed by atoms with Crippen molar-refractivity contribution in [3.05, 3.63) is 77.6 Å². The van der Waals surface area contributed by atoms with Crippen LogP contribution in [0.2, 0.25) is 0 Å². The number of ether oxygens (including phenoxy) is 2. The van der Waals surface area contributed by atoms with Crippen molar-refractivity contribution in [2.24, 2.45) is 0 Å². The molecule has 0 fully saturated rings. The van der Waals surface area contributed by atoms with E-state index in [-0.39, 0.29) is 24.1 Å². The first-order chi connectivity index (χ1) is 14.1. The number of rotatable bonds is 5. The number of nitrogens with one attached hydrogen (secondary N) is 2. The number of para-hydroxylation sites is 1. The lowest BCUT2D eigenvalue weighted by Gasteiger charge is -2.10. The molecule has 2 aromatic carbocycles. The van der Waals surface area contributed by atoms with E-state index in [1.165, 1.54) is 0 Å². The smallest absolute Gasteiger partial charge is 0.274 e. The molecule has 0 atom stereocenters. The zero-order valence-electron chi connectivity index (χ0n) is 15.8. The average molecular weight is 389 g/mol. The van der Waals surface area contributed by atoms with Gasteiger partial charge in [-0.15, -0.1) is 0 Å². The van der Waals surface area contributed by atoms with E-state index < -0.39 is 5.91 Å². The van der Waals surface area contributed by atoms with Crippen LogP contribution in [0.5, 0.6) is 11.5 Å². The predicted octanol–water partition coefficient (Wildman–Crippen LogP) is 3.88. The first-order valence-electron chi connectivity index (χ1n) is 9.21. The van der Waals surface area contributed by atoms with Gasteiger partial charge in [0.15, 0.2) is 11.5 Å². The van der Waals surface area contributed by atoms with Crippen LogP contribution in [-0.4, -0.2) is 23.6 Å². The topological polar surface area (TPSA) is 89.6 Å². The number of amides is 2. The van der Waals surface area contributed by atoms with Gasteiger partial charge in [-0.25, -0.2) is 4.98 Å². The minimum atomic E-state index is -0.424. The van der Waals surface area contributed by atoms with E-state index in [4.69, 9.17) is 9.47 Å². The standard InChI is InChI=1S/C22H19N3O4/c1-2-14-6-3-4-7-16(14)25-22(27)18-9-5-8-17(24-18)21(26)23-15-10-11-19-20(12-15)29-13-28-19/h3-12H,2,13H2,1H3,(H,23,26)(H,25,27). The molecule has 4 rings (SSSR count). The molecule has 2 amide bonds. The lowest BCUT2D eigenvalue weighted by molar-refractivity contribution is 0.101. The van der Waals surface area contributed by atoms with Crippen LogP contribution < -0.4 is 20.1 Å². The van der Waals surface area contributed by atoms with Gasteiger partial charge in [-0.05, 0) is 42.3 Å². The number of aryl methyl sites for hydroxylation is 1. The first kappa shape index (κ1) is 18.5. The summed E-state index contributed by atoms with van der Waals surface area (Å²) >= 11 is 0. The van der Waals surface area contributed by atoms with Gasteiger partial charge in [0, 0.05) is 17.4 Å². The number of benzene rings is 2. The molecule has 0 bridgehead atoms. The third-order valence-electron chi connectivity index (χ3n) is 4.49. The van der Waals surface area contributed by atoms with Gasteiger partial charge in [-0.2, -0.15) is 0 Å². The highest BCUT2D eigenvalue weighted by molar-refractivity contribution is 6.06. The van der Waals surface area contributed by atoms with Crippen LogP contribution in [0.1, 0.15) is 33.5 Å². The maximum atomic E-state index is 12.6. The molecule has 1 aliphatic heterocycles. The highest BCUT2D eigenvalue weighted by atomic mass is 16.7. The molecule has 1 aliphatic rings. The third kappa shape index (κ3) is 4.03. The van der Waals surface area contributed by atoms with E-state index >= 15 is 0 Å². The third-order valence-corrected chi connectivity index (χ3v) is 4.49. The van der Waals surface area contributed by atoms with Crippen molar-refractivity contribution in [2.75, 3.05) is 17.4 Å². The van der Waals surface area contributed by atoms with Crippen LogP contribution in [0.3, 0.4) is 0 Å². The Morgan fingerprint density at radius 2 is 1.62 bits per heavy atom. The molecular weight excluding hydrogens is 370 g/mol. The molecule has 7 nitrogen and oxygen atoms in total. The Labute approximate surface area is 167 Å². The molecular formula is C22H19N3O4. The number of carbonyl (C=O) groups excluding carboxylic acids is 2. The van der Waals surface area contributed by atoms with Gasteiger partial charge in [0.2, 0.25) is 6.79 Å². The van der Waals surface area contributed by atoms with Crippen LogP contribution in [-0.2, 0) is 6.42 Å². The second-order valence-corrected chi connectivity index (χ2v) is 6.40. The Balaban J connectivity index is 1.49. The molecule has 0 radical (unpaired) electrons. The fourth-order valence-electron chi connectivity index (χ4n) is 2.99. The molecule has 0 unspecified atom stereocenters. The zero-order valence-corrected chi connectivity index (χ0v) is 15.8. The minimum Gasteiger partial charge on any atom is -0.454 e. The highest BCUT2D eigenvalue weighted by Gasteiger charge is 2.16. The molecule has 3 aromatic rings. The second-order valence-electron chi connectivity index (χ2n) is 6.40. The summed E-state index contributed by atoms with van der Waals surface area (Å²) in [6.45, 7) is 2.18. The van der Waals surface area contributed by atoms with E-state index in [0.717, 1.165) is 17.7 Å². The first-order valence-corrected chi connectivity index (χ1v) is 9.21. The number of anilines is 2. The van der Waals surface area contributed by atoms with Gasteiger partial charge in [0.25, 0.3) is 11.8 Å². The van der Waals surface area contributed by atoms with Crippen molar-refractivity contribution in [1.29, 1.82) is 0 Å². The van der Waals surface area contributed by atoms with Crippen molar-refractivity contribution in [3.8, 4) is 11.5 Å². The van der Waals surface area contributed by atoms with Gasteiger partial charge in [-0.3, -0.25) is 9.59 Å². The molecule has 146 valence electrons. The largest absolute Gasteiger partial charge is 0.454 e. The van der Waals surface area contributed by atoms with Crippen LogP contribution in [0.25, 0.3) is 0 Å². The molecule has 2 heterocycles. The minimum absolute atomic E-state index is 0.138. The van der Waals surface area contributed by atoms with Crippen molar-refractivity contribution >= 4 is 23.2 Å². The van der Waals surface area contributed by atoms with Crippen molar-refractivity contribution in [3.63, 3.8) is 0 Å². The highest BCUT2D eigenvalue weighted by Crippen LogP contribution is 2.34. The molecule has 0 saturated carbocycles. The lowest BCUT2D eigenvalue weighted by atomic mass is 10.1. The van der Waals surface area contributed by atoms with E-state index in [0.29, 0.717) is 17.2 Å². The van der Waals surface area contributed by atoms with Gasteiger partial charge < -0.3 is 20.1 Å². The van der Waals surface area contributed by atoms with E-state index in [9.17, 15) is 9.59 Å². The Bertz CT molecular complexity index is 1080. The monoisotopic (exact) mass is 389 g/mol. The summed E-state index contributed by atoms with van der Waals surface area (Å²) in [6, 6.07) is 17.4. The van der Waals surface area contributed by atoms with Crippen LogP contribution in [0, 0.1) is 0 Å². The van der Waals surface area contributed by atoms with E-state index in [1.54, 1.807) is 36.4 Å². The van der Waals surface area contributed by atoms with Crippen LogP contribution >= 0.6 is 0 Å². The maximum Gasteiger partial charge on any atom is 0.274 e. The summed E-state index contributed by atoms with van der Waals surface area (Å²) in [5.41, 5.74) is 2.61. The Morgan fingerprint density at radius 3 is 2.41 bits per heavy atom. The summed E-state index contributed by atoms with van der Waals surface area (Å²) < 4.78 is 10.6. The summed E-state index contributed by atoms with van der Waals surface area (Å²) in [6.07, 6.45) is 0.794. The van der Waals surface area contributed by atoms with Gasteiger partial charge >= 0.3 is 0 Å². The number of aromatic nitrogens is 1. The SMILES string of the molecule is CCc1ccccc1NC(=O)c1cccc(C(=O)Nc2ccc3c(c2)OCO3)n1. The number of pyridine rings is 1. The van der Waals surface area contributed by atoms with Crippen LogP contribution in [0.4, 0.5) is 11.4 Å².